The van der Waals surface area contributed by atoms with Gasteiger partial charge in [-0.15, -0.1) is 0 Å². The Labute approximate surface area is 67.7 Å². The van der Waals surface area contributed by atoms with Crippen molar-refractivity contribution in [2.24, 2.45) is 0 Å². The first-order chi connectivity index (χ1) is 4.81. The van der Waals surface area contributed by atoms with Gasteiger partial charge in [0, 0.05) is 5.54 Å². The molecule has 1 nitrogen and oxygen atoms in total. The maximum absolute atomic E-state index is 9.10. The van der Waals surface area contributed by atoms with Gasteiger partial charge in [-0.1, -0.05) is 37.8 Å². The Kier molecular flexibility index (Phi) is 7.09. The lowest BCUT2D eigenvalue weighted by Crippen LogP contribution is -2.00. The standard InChI is InChI=1S/C8H15ClO/c1-2-3-4-5-8(10)6-7-9/h6-8,10H,2-5H2,1H3. The van der Waals surface area contributed by atoms with Crippen molar-refractivity contribution in [3.05, 3.63) is 11.6 Å². The van der Waals surface area contributed by atoms with Crippen molar-refractivity contribution in [1.29, 1.82) is 0 Å². The number of unbranched alkanes of at least 4 members (excludes halogenated alkanes) is 2. The highest BCUT2D eigenvalue weighted by Crippen LogP contribution is 2.04. The molecular formula is C8H15ClO. The number of aliphatic hydroxyl groups is 1. The molecule has 0 fully saturated rings. The second-order valence-corrected chi connectivity index (χ2v) is 2.63. The van der Waals surface area contributed by atoms with E-state index in [1.54, 1.807) is 6.08 Å². The van der Waals surface area contributed by atoms with E-state index in [0.29, 0.717) is 0 Å². The molecule has 0 spiro atoms. The van der Waals surface area contributed by atoms with Crippen molar-refractivity contribution < 1.29 is 5.11 Å². The molecule has 2 heteroatoms. The largest absolute Gasteiger partial charge is 0.389 e. The molecule has 0 aliphatic rings. The molecule has 0 saturated carbocycles. The lowest BCUT2D eigenvalue weighted by molar-refractivity contribution is 0.208. The first-order valence-electron chi connectivity index (χ1n) is 3.76. The fourth-order valence-electron chi connectivity index (χ4n) is 0.784. The predicted molar refractivity (Wildman–Crippen MR) is 45.1 cm³/mol. The summed E-state index contributed by atoms with van der Waals surface area (Å²) in [7, 11) is 0. The number of halogens is 1. The minimum absolute atomic E-state index is 0.343. The maximum atomic E-state index is 9.10. The number of hydrogen-bond acceptors (Lipinski definition) is 1. The van der Waals surface area contributed by atoms with Gasteiger partial charge in [-0.2, -0.15) is 0 Å². The summed E-state index contributed by atoms with van der Waals surface area (Å²) in [5.41, 5.74) is 1.37. The average molecular weight is 163 g/mol. The van der Waals surface area contributed by atoms with Gasteiger partial charge >= 0.3 is 0 Å². The Morgan fingerprint density at radius 1 is 1.50 bits per heavy atom. The Hall–Kier alpha value is -0.0100. The molecule has 1 unspecified atom stereocenters. The van der Waals surface area contributed by atoms with Crippen molar-refractivity contribution in [3.8, 4) is 0 Å². The van der Waals surface area contributed by atoms with Gasteiger partial charge in [-0.3, -0.25) is 0 Å². The van der Waals surface area contributed by atoms with E-state index in [1.807, 2.05) is 0 Å². The predicted octanol–water partition coefficient (Wildman–Crippen LogP) is 2.68. The van der Waals surface area contributed by atoms with Crippen LogP contribution < -0.4 is 0 Å². The molecule has 0 amide bonds. The highest BCUT2D eigenvalue weighted by molar-refractivity contribution is 6.25. The Balaban J connectivity index is 3.13. The van der Waals surface area contributed by atoms with Crippen molar-refractivity contribution >= 4 is 11.6 Å². The molecule has 0 rings (SSSR count). The van der Waals surface area contributed by atoms with E-state index in [0.717, 1.165) is 12.8 Å². The smallest absolute Gasteiger partial charge is 0.0732 e. The second kappa shape index (κ2) is 7.10. The van der Waals surface area contributed by atoms with Crippen LogP contribution in [0.3, 0.4) is 0 Å². The fourth-order valence-corrected chi connectivity index (χ4v) is 0.952. The zero-order chi connectivity index (χ0) is 7.82. The van der Waals surface area contributed by atoms with Gasteiger partial charge in [-0.05, 0) is 12.5 Å². The van der Waals surface area contributed by atoms with Crippen LogP contribution in [0.25, 0.3) is 0 Å². The minimum atomic E-state index is -0.343. The van der Waals surface area contributed by atoms with E-state index in [4.69, 9.17) is 16.7 Å². The lowest BCUT2D eigenvalue weighted by Gasteiger charge is -2.02. The SMILES string of the molecule is CCCCCC(O)C=CCl. The Morgan fingerprint density at radius 2 is 2.20 bits per heavy atom. The molecule has 0 aliphatic heterocycles. The van der Waals surface area contributed by atoms with Crippen molar-refractivity contribution in [3.63, 3.8) is 0 Å². The average Bonchev–Trinajstić information content (AvgIpc) is 1.89. The molecule has 1 N–H and O–H groups in total. The zero-order valence-corrected chi connectivity index (χ0v) is 7.14. The molecule has 0 saturated heterocycles. The van der Waals surface area contributed by atoms with E-state index in [2.05, 4.69) is 6.92 Å². The van der Waals surface area contributed by atoms with Gasteiger partial charge in [0.15, 0.2) is 0 Å². The Morgan fingerprint density at radius 3 is 2.70 bits per heavy atom. The van der Waals surface area contributed by atoms with E-state index in [-0.39, 0.29) is 6.10 Å². The van der Waals surface area contributed by atoms with Crippen molar-refractivity contribution in [1.82, 2.24) is 0 Å². The number of rotatable bonds is 5. The third-order valence-electron chi connectivity index (χ3n) is 1.40. The summed E-state index contributed by atoms with van der Waals surface area (Å²) in [4.78, 5) is 0. The van der Waals surface area contributed by atoms with Gasteiger partial charge in [0.2, 0.25) is 0 Å². The van der Waals surface area contributed by atoms with Crippen LogP contribution in [0.5, 0.6) is 0 Å². The summed E-state index contributed by atoms with van der Waals surface area (Å²) in [6.07, 6.45) is 5.56. The normalized spacial score (nSPS) is 14.3. The maximum Gasteiger partial charge on any atom is 0.0732 e. The molecule has 0 aromatic heterocycles. The Bertz CT molecular complexity index is 91.3. The first-order valence-corrected chi connectivity index (χ1v) is 4.19. The first kappa shape index (κ1) is 9.99. The molecular weight excluding hydrogens is 148 g/mol. The van der Waals surface area contributed by atoms with Gasteiger partial charge in [0.25, 0.3) is 0 Å². The third-order valence-corrected chi connectivity index (χ3v) is 1.54. The topological polar surface area (TPSA) is 20.2 Å². The van der Waals surface area contributed by atoms with Gasteiger partial charge in [-0.25, -0.2) is 0 Å². The quantitative estimate of drug-likeness (QED) is 0.617. The van der Waals surface area contributed by atoms with Gasteiger partial charge < -0.3 is 5.11 Å². The third kappa shape index (κ3) is 6.12. The lowest BCUT2D eigenvalue weighted by atomic mass is 10.1. The van der Waals surface area contributed by atoms with Crippen LogP contribution in [0.2, 0.25) is 0 Å². The van der Waals surface area contributed by atoms with E-state index in [9.17, 15) is 0 Å². The number of hydrogen-bond donors (Lipinski definition) is 1. The summed E-state index contributed by atoms with van der Waals surface area (Å²) in [6.45, 7) is 2.14. The summed E-state index contributed by atoms with van der Waals surface area (Å²) in [6, 6.07) is 0. The molecule has 1 atom stereocenters. The van der Waals surface area contributed by atoms with Crippen molar-refractivity contribution in [2.45, 2.75) is 38.7 Å². The van der Waals surface area contributed by atoms with Crippen LogP contribution in [0.4, 0.5) is 0 Å². The van der Waals surface area contributed by atoms with Crippen LogP contribution in [-0.2, 0) is 0 Å². The molecule has 0 radical (unpaired) electrons. The summed E-state index contributed by atoms with van der Waals surface area (Å²) >= 11 is 5.27. The van der Waals surface area contributed by atoms with Crippen LogP contribution in [0.15, 0.2) is 11.6 Å². The summed E-state index contributed by atoms with van der Waals surface area (Å²) < 4.78 is 0. The van der Waals surface area contributed by atoms with Gasteiger partial charge in [0.05, 0.1) is 6.10 Å². The highest BCUT2D eigenvalue weighted by atomic mass is 35.5. The van der Waals surface area contributed by atoms with Crippen molar-refractivity contribution in [2.75, 3.05) is 0 Å². The molecule has 0 aromatic carbocycles. The van der Waals surface area contributed by atoms with E-state index >= 15 is 0 Å². The molecule has 10 heavy (non-hydrogen) atoms. The summed E-state index contributed by atoms with van der Waals surface area (Å²) in [5.74, 6) is 0. The second-order valence-electron chi connectivity index (χ2n) is 2.38. The minimum Gasteiger partial charge on any atom is -0.389 e. The molecule has 0 heterocycles. The molecule has 0 aromatic rings. The van der Waals surface area contributed by atoms with E-state index < -0.39 is 0 Å². The monoisotopic (exact) mass is 162 g/mol. The molecule has 0 aliphatic carbocycles. The van der Waals surface area contributed by atoms with Crippen LogP contribution in [-0.4, -0.2) is 11.2 Å². The van der Waals surface area contributed by atoms with Gasteiger partial charge in [0.1, 0.15) is 0 Å². The van der Waals surface area contributed by atoms with Crippen LogP contribution in [0, 0.1) is 0 Å². The summed E-state index contributed by atoms with van der Waals surface area (Å²) in [5, 5.41) is 9.10. The van der Waals surface area contributed by atoms with Crippen LogP contribution >= 0.6 is 11.6 Å². The van der Waals surface area contributed by atoms with E-state index in [1.165, 1.54) is 18.4 Å². The van der Waals surface area contributed by atoms with Crippen LogP contribution in [0.1, 0.15) is 32.6 Å². The fraction of sp³-hybridized carbons (Fsp3) is 0.750. The highest BCUT2D eigenvalue weighted by Gasteiger charge is 1.96. The molecule has 0 bridgehead atoms. The zero-order valence-electron chi connectivity index (χ0n) is 6.39. The number of aliphatic hydroxyl groups excluding tert-OH is 1. The molecule has 60 valence electrons.